The summed E-state index contributed by atoms with van der Waals surface area (Å²) in [5, 5.41) is 5.10. The highest BCUT2D eigenvalue weighted by Gasteiger charge is 2.19. The van der Waals surface area contributed by atoms with Crippen LogP contribution in [-0.2, 0) is 9.59 Å². The van der Waals surface area contributed by atoms with Crippen molar-refractivity contribution in [3.05, 3.63) is 40.9 Å². The molecule has 0 heterocycles. The van der Waals surface area contributed by atoms with Crippen molar-refractivity contribution in [3.63, 3.8) is 0 Å². The Balaban J connectivity index is 2.84. The molecular formula is C14H16BrN3O3. The SMILES string of the molecule is C=C(Br)C[C@H](NC(=O)c1cccc(NC(C)=O)c1)C(N)=O. The molecule has 6 nitrogen and oxygen atoms in total. The van der Waals surface area contributed by atoms with Crippen LogP contribution in [0.5, 0.6) is 0 Å². The van der Waals surface area contributed by atoms with E-state index in [4.69, 9.17) is 5.73 Å². The first-order valence-electron chi connectivity index (χ1n) is 6.10. The monoisotopic (exact) mass is 353 g/mol. The van der Waals surface area contributed by atoms with E-state index in [1.54, 1.807) is 18.2 Å². The fourth-order valence-corrected chi connectivity index (χ4v) is 1.95. The predicted molar refractivity (Wildman–Crippen MR) is 83.9 cm³/mol. The number of rotatable bonds is 6. The van der Waals surface area contributed by atoms with Crippen molar-refractivity contribution in [1.29, 1.82) is 0 Å². The van der Waals surface area contributed by atoms with E-state index >= 15 is 0 Å². The molecule has 0 aliphatic rings. The van der Waals surface area contributed by atoms with E-state index < -0.39 is 17.9 Å². The second-order valence-corrected chi connectivity index (χ2v) is 5.53. The molecule has 0 unspecified atom stereocenters. The zero-order valence-electron chi connectivity index (χ0n) is 11.5. The van der Waals surface area contributed by atoms with E-state index in [-0.39, 0.29) is 12.3 Å². The average molecular weight is 354 g/mol. The highest BCUT2D eigenvalue weighted by Crippen LogP contribution is 2.13. The maximum Gasteiger partial charge on any atom is 0.252 e. The number of nitrogens with two attached hydrogens (primary N) is 1. The molecular weight excluding hydrogens is 338 g/mol. The molecule has 1 atom stereocenters. The Hall–Kier alpha value is -2.15. The number of primary amides is 1. The quantitative estimate of drug-likeness (QED) is 0.722. The molecule has 0 fully saturated rings. The van der Waals surface area contributed by atoms with Crippen LogP contribution in [-0.4, -0.2) is 23.8 Å². The number of halogens is 1. The van der Waals surface area contributed by atoms with Gasteiger partial charge < -0.3 is 16.4 Å². The van der Waals surface area contributed by atoms with Crippen molar-refractivity contribution in [3.8, 4) is 0 Å². The van der Waals surface area contributed by atoms with Gasteiger partial charge in [-0.05, 0) is 22.7 Å². The standard InChI is InChI=1S/C14H16BrN3O3/c1-8(15)6-12(13(16)20)18-14(21)10-4-3-5-11(7-10)17-9(2)19/h3-5,7,12H,1,6H2,2H3,(H2,16,20)(H,17,19)(H,18,21)/t12-/m0/s1. The van der Waals surface area contributed by atoms with Gasteiger partial charge in [0, 0.05) is 24.6 Å². The van der Waals surface area contributed by atoms with E-state index in [0.29, 0.717) is 15.7 Å². The molecule has 0 aliphatic heterocycles. The van der Waals surface area contributed by atoms with Crippen molar-refractivity contribution >= 4 is 39.3 Å². The molecule has 0 spiro atoms. The Morgan fingerprint density at radius 2 is 2.05 bits per heavy atom. The molecule has 1 aromatic carbocycles. The zero-order valence-corrected chi connectivity index (χ0v) is 13.1. The Labute approximate surface area is 130 Å². The first-order chi connectivity index (χ1) is 9.79. The molecule has 7 heteroatoms. The van der Waals surface area contributed by atoms with Crippen LogP contribution in [0.25, 0.3) is 0 Å². The second kappa shape index (κ2) is 7.58. The highest BCUT2D eigenvalue weighted by molar-refractivity contribution is 9.11. The molecule has 1 rings (SSSR count). The van der Waals surface area contributed by atoms with Gasteiger partial charge >= 0.3 is 0 Å². The minimum atomic E-state index is -0.853. The normalized spacial score (nSPS) is 11.3. The summed E-state index contributed by atoms with van der Waals surface area (Å²) >= 11 is 3.13. The average Bonchev–Trinajstić information content (AvgIpc) is 2.36. The first kappa shape index (κ1) is 16.9. The van der Waals surface area contributed by atoms with Crippen LogP contribution in [0.4, 0.5) is 5.69 Å². The van der Waals surface area contributed by atoms with E-state index in [1.807, 2.05) is 0 Å². The zero-order chi connectivity index (χ0) is 16.0. The van der Waals surface area contributed by atoms with Crippen molar-refractivity contribution in [2.75, 3.05) is 5.32 Å². The predicted octanol–water partition coefficient (Wildman–Crippen LogP) is 1.53. The topological polar surface area (TPSA) is 101 Å². The van der Waals surface area contributed by atoms with Crippen LogP contribution in [0, 0.1) is 0 Å². The lowest BCUT2D eigenvalue weighted by molar-refractivity contribution is -0.119. The Morgan fingerprint density at radius 1 is 1.38 bits per heavy atom. The number of amides is 3. The van der Waals surface area contributed by atoms with Gasteiger partial charge in [0.2, 0.25) is 11.8 Å². The fraction of sp³-hybridized carbons (Fsp3) is 0.214. The fourth-order valence-electron chi connectivity index (χ4n) is 1.63. The van der Waals surface area contributed by atoms with Crippen molar-refractivity contribution < 1.29 is 14.4 Å². The summed E-state index contributed by atoms with van der Waals surface area (Å²) in [7, 11) is 0. The second-order valence-electron chi connectivity index (χ2n) is 4.41. The first-order valence-corrected chi connectivity index (χ1v) is 6.90. The van der Waals surface area contributed by atoms with Crippen molar-refractivity contribution in [1.82, 2.24) is 5.32 Å². The van der Waals surface area contributed by atoms with Crippen LogP contribution in [0.1, 0.15) is 23.7 Å². The van der Waals surface area contributed by atoms with Gasteiger partial charge in [0.15, 0.2) is 0 Å². The third kappa shape index (κ3) is 5.78. The highest BCUT2D eigenvalue weighted by atomic mass is 79.9. The summed E-state index contributed by atoms with van der Waals surface area (Å²) < 4.78 is 0.554. The number of hydrogen-bond acceptors (Lipinski definition) is 3. The Kier molecular flexibility index (Phi) is 6.10. The largest absolute Gasteiger partial charge is 0.368 e. The molecule has 0 aromatic heterocycles. The van der Waals surface area contributed by atoms with Gasteiger partial charge in [-0.15, -0.1) is 0 Å². The van der Waals surface area contributed by atoms with Gasteiger partial charge in [0.1, 0.15) is 6.04 Å². The molecule has 3 amide bonds. The number of nitrogens with one attached hydrogen (secondary N) is 2. The van der Waals surface area contributed by atoms with Crippen LogP contribution < -0.4 is 16.4 Å². The molecule has 0 saturated heterocycles. The molecule has 0 saturated carbocycles. The number of hydrogen-bond donors (Lipinski definition) is 3. The summed E-state index contributed by atoms with van der Waals surface area (Å²) in [6.07, 6.45) is 0.201. The molecule has 0 bridgehead atoms. The molecule has 1 aromatic rings. The molecule has 0 radical (unpaired) electrons. The van der Waals surface area contributed by atoms with Crippen LogP contribution in [0.3, 0.4) is 0 Å². The van der Waals surface area contributed by atoms with Gasteiger partial charge in [0.25, 0.3) is 5.91 Å². The third-order valence-corrected chi connectivity index (χ3v) is 2.84. The number of carbonyl (C=O) groups is 3. The van der Waals surface area contributed by atoms with Gasteiger partial charge in [-0.2, -0.15) is 0 Å². The number of carbonyl (C=O) groups excluding carboxylic acids is 3. The lowest BCUT2D eigenvalue weighted by Crippen LogP contribution is -2.44. The maximum absolute atomic E-state index is 12.1. The van der Waals surface area contributed by atoms with Crippen molar-refractivity contribution in [2.24, 2.45) is 5.73 Å². The smallest absolute Gasteiger partial charge is 0.252 e. The van der Waals surface area contributed by atoms with E-state index in [9.17, 15) is 14.4 Å². The Bertz CT molecular complexity index is 587. The van der Waals surface area contributed by atoms with Gasteiger partial charge in [-0.25, -0.2) is 0 Å². The summed E-state index contributed by atoms with van der Waals surface area (Å²) in [5.41, 5.74) is 6.04. The number of benzene rings is 1. The third-order valence-electron chi connectivity index (χ3n) is 2.52. The van der Waals surface area contributed by atoms with Crippen LogP contribution in [0.15, 0.2) is 35.3 Å². The van der Waals surface area contributed by atoms with Crippen molar-refractivity contribution in [2.45, 2.75) is 19.4 Å². The van der Waals surface area contributed by atoms with Gasteiger partial charge in [0.05, 0.1) is 0 Å². The molecule has 21 heavy (non-hydrogen) atoms. The van der Waals surface area contributed by atoms with E-state index in [2.05, 4.69) is 33.1 Å². The van der Waals surface area contributed by atoms with Crippen LogP contribution >= 0.6 is 15.9 Å². The minimum Gasteiger partial charge on any atom is -0.368 e. The molecule has 112 valence electrons. The maximum atomic E-state index is 12.1. The summed E-state index contributed by atoms with van der Waals surface area (Å²) in [6.45, 7) is 4.99. The van der Waals surface area contributed by atoms with Gasteiger partial charge in [-0.3, -0.25) is 14.4 Å². The van der Waals surface area contributed by atoms with Crippen LogP contribution in [0.2, 0.25) is 0 Å². The lowest BCUT2D eigenvalue weighted by atomic mass is 10.1. The number of anilines is 1. The minimum absolute atomic E-state index is 0.201. The molecule has 4 N–H and O–H groups in total. The summed E-state index contributed by atoms with van der Waals surface area (Å²) in [4.78, 5) is 34.4. The summed E-state index contributed by atoms with van der Waals surface area (Å²) in [6, 6.07) is 5.51. The Morgan fingerprint density at radius 3 is 2.57 bits per heavy atom. The van der Waals surface area contributed by atoms with E-state index in [1.165, 1.54) is 13.0 Å². The lowest BCUT2D eigenvalue weighted by Gasteiger charge is -2.15. The van der Waals surface area contributed by atoms with E-state index in [0.717, 1.165) is 0 Å². The van der Waals surface area contributed by atoms with Gasteiger partial charge in [-0.1, -0.05) is 28.6 Å². The molecule has 0 aliphatic carbocycles. The summed E-state index contributed by atoms with van der Waals surface area (Å²) in [5.74, 6) is -1.35.